The molecule has 0 aliphatic carbocycles. The number of nitrogens with zero attached hydrogens (tertiary/aromatic N) is 1. The number of likely N-dealkylation sites (tertiary alicyclic amines) is 1. The second kappa shape index (κ2) is 8.96. The predicted octanol–water partition coefficient (Wildman–Crippen LogP) is 2.90. The van der Waals surface area contributed by atoms with Gasteiger partial charge in [-0.25, -0.2) is 0 Å². The first kappa shape index (κ1) is 17.0. The summed E-state index contributed by atoms with van der Waals surface area (Å²) in [6, 6.07) is 3.98. The molecule has 1 aliphatic heterocycles. The van der Waals surface area contributed by atoms with Crippen molar-refractivity contribution in [2.45, 2.75) is 57.1 Å². The first-order valence-corrected chi connectivity index (χ1v) is 8.23. The molecular formula is C17H27NO4. The molecule has 1 aliphatic rings. The van der Waals surface area contributed by atoms with Crippen LogP contribution in [0.3, 0.4) is 0 Å². The van der Waals surface area contributed by atoms with Crippen LogP contribution in [-0.4, -0.2) is 42.2 Å². The molecule has 5 nitrogen and oxygen atoms in total. The minimum Gasteiger partial charge on any atom is -0.469 e. The van der Waals surface area contributed by atoms with Gasteiger partial charge in [-0.05, 0) is 50.9 Å². The number of esters is 1. The van der Waals surface area contributed by atoms with Gasteiger partial charge in [0.15, 0.2) is 0 Å². The van der Waals surface area contributed by atoms with Crippen molar-refractivity contribution in [1.29, 1.82) is 0 Å². The number of hydrogen-bond donors (Lipinski definition) is 1. The molecule has 2 heterocycles. The number of aliphatic hydroxyl groups excluding tert-OH is 1. The van der Waals surface area contributed by atoms with Crippen LogP contribution in [0.1, 0.15) is 56.8 Å². The van der Waals surface area contributed by atoms with Gasteiger partial charge in [-0.3, -0.25) is 4.79 Å². The van der Waals surface area contributed by atoms with Gasteiger partial charge < -0.3 is 19.2 Å². The molecule has 1 N–H and O–H groups in total. The van der Waals surface area contributed by atoms with Crippen LogP contribution in [0.25, 0.3) is 0 Å². The van der Waals surface area contributed by atoms with Gasteiger partial charge in [0.1, 0.15) is 11.9 Å². The van der Waals surface area contributed by atoms with Gasteiger partial charge in [0.2, 0.25) is 0 Å². The smallest absolute Gasteiger partial charge is 0.305 e. The van der Waals surface area contributed by atoms with Crippen molar-refractivity contribution in [3.63, 3.8) is 0 Å². The Morgan fingerprint density at radius 2 is 2.36 bits per heavy atom. The third kappa shape index (κ3) is 5.14. The summed E-state index contributed by atoms with van der Waals surface area (Å²) in [4.78, 5) is 13.7. The van der Waals surface area contributed by atoms with Crippen LogP contribution >= 0.6 is 0 Å². The van der Waals surface area contributed by atoms with Gasteiger partial charge in [0.05, 0.1) is 13.4 Å². The van der Waals surface area contributed by atoms with Crippen molar-refractivity contribution >= 4 is 5.97 Å². The Morgan fingerprint density at radius 3 is 3.09 bits per heavy atom. The number of carbonyl (C=O) groups is 1. The molecule has 0 saturated carbocycles. The summed E-state index contributed by atoms with van der Waals surface area (Å²) >= 11 is 0. The van der Waals surface area contributed by atoms with Crippen LogP contribution in [-0.2, 0) is 9.53 Å². The highest BCUT2D eigenvalue weighted by molar-refractivity contribution is 5.69. The zero-order valence-electron chi connectivity index (χ0n) is 13.4. The van der Waals surface area contributed by atoms with E-state index >= 15 is 0 Å². The summed E-state index contributed by atoms with van der Waals surface area (Å²) in [7, 11) is 1.43. The fourth-order valence-corrected chi connectivity index (χ4v) is 3.18. The van der Waals surface area contributed by atoms with E-state index in [4.69, 9.17) is 9.15 Å². The van der Waals surface area contributed by atoms with E-state index in [0.717, 1.165) is 25.9 Å². The van der Waals surface area contributed by atoms with Crippen molar-refractivity contribution < 1.29 is 19.1 Å². The number of ether oxygens (including phenoxy) is 1. The molecule has 0 spiro atoms. The molecule has 2 unspecified atom stereocenters. The standard InChI is InChI=1S/C17H27NO4/c1-21-17(20)9-5-11-18-10-4-2-3-7-14(18)13-15(19)16-8-6-12-22-16/h6,8,12,14-15,19H,2-5,7,9-11,13H2,1H3. The van der Waals surface area contributed by atoms with E-state index in [9.17, 15) is 9.90 Å². The molecule has 5 heteroatoms. The van der Waals surface area contributed by atoms with E-state index in [1.807, 2.05) is 6.07 Å². The quantitative estimate of drug-likeness (QED) is 0.785. The Morgan fingerprint density at radius 1 is 1.50 bits per heavy atom. The number of methoxy groups -OCH3 is 1. The average Bonchev–Trinajstić information content (AvgIpc) is 2.98. The molecule has 1 saturated heterocycles. The summed E-state index contributed by atoms with van der Waals surface area (Å²) in [5.41, 5.74) is 0. The summed E-state index contributed by atoms with van der Waals surface area (Å²) in [5.74, 6) is 0.487. The van der Waals surface area contributed by atoms with Crippen LogP contribution in [0.15, 0.2) is 22.8 Å². The Kier molecular flexibility index (Phi) is 6.93. The largest absolute Gasteiger partial charge is 0.469 e. The summed E-state index contributed by atoms with van der Waals surface area (Å²) < 4.78 is 10.00. The van der Waals surface area contributed by atoms with Crippen molar-refractivity contribution in [2.75, 3.05) is 20.2 Å². The SMILES string of the molecule is COC(=O)CCCN1CCCCCC1CC(O)c1ccco1. The maximum Gasteiger partial charge on any atom is 0.305 e. The second-order valence-corrected chi connectivity index (χ2v) is 5.99. The highest BCUT2D eigenvalue weighted by atomic mass is 16.5. The Labute approximate surface area is 132 Å². The van der Waals surface area contributed by atoms with Crippen LogP contribution < -0.4 is 0 Å². The number of rotatable bonds is 7. The maximum absolute atomic E-state index is 11.2. The molecule has 1 aromatic rings. The van der Waals surface area contributed by atoms with Gasteiger partial charge >= 0.3 is 5.97 Å². The van der Waals surface area contributed by atoms with E-state index in [1.165, 1.54) is 26.4 Å². The van der Waals surface area contributed by atoms with Crippen molar-refractivity contribution in [2.24, 2.45) is 0 Å². The minimum absolute atomic E-state index is 0.151. The molecule has 0 radical (unpaired) electrons. The number of hydrogen-bond acceptors (Lipinski definition) is 5. The monoisotopic (exact) mass is 309 g/mol. The highest BCUT2D eigenvalue weighted by Crippen LogP contribution is 2.26. The first-order valence-electron chi connectivity index (χ1n) is 8.23. The van der Waals surface area contributed by atoms with Gasteiger partial charge in [-0.15, -0.1) is 0 Å². The van der Waals surface area contributed by atoms with Crippen molar-refractivity contribution in [1.82, 2.24) is 4.90 Å². The fraction of sp³-hybridized carbons (Fsp3) is 0.706. The Bertz CT molecular complexity index is 432. The summed E-state index contributed by atoms with van der Waals surface area (Å²) in [5, 5.41) is 10.3. The fourth-order valence-electron chi connectivity index (χ4n) is 3.18. The number of aliphatic hydroxyl groups is 1. The Hall–Kier alpha value is -1.33. The van der Waals surface area contributed by atoms with Crippen LogP contribution in [0.5, 0.6) is 0 Å². The lowest BCUT2D eigenvalue weighted by atomic mass is 10.0. The number of furan rings is 1. The van der Waals surface area contributed by atoms with Crippen molar-refractivity contribution in [3.05, 3.63) is 24.2 Å². The molecule has 2 atom stereocenters. The second-order valence-electron chi connectivity index (χ2n) is 5.99. The highest BCUT2D eigenvalue weighted by Gasteiger charge is 2.25. The molecular weight excluding hydrogens is 282 g/mol. The molecule has 0 amide bonds. The molecule has 124 valence electrons. The molecule has 1 aromatic heterocycles. The topological polar surface area (TPSA) is 62.9 Å². The maximum atomic E-state index is 11.2. The van der Waals surface area contributed by atoms with Crippen LogP contribution in [0.4, 0.5) is 0 Å². The van der Waals surface area contributed by atoms with E-state index in [0.29, 0.717) is 24.6 Å². The normalized spacial score (nSPS) is 21.3. The van der Waals surface area contributed by atoms with Gasteiger partial charge in [-0.1, -0.05) is 12.8 Å². The Balaban J connectivity index is 1.87. The lowest BCUT2D eigenvalue weighted by molar-refractivity contribution is -0.140. The lowest BCUT2D eigenvalue weighted by Gasteiger charge is -2.31. The van der Waals surface area contributed by atoms with E-state index in [2.05, 4.69) is 4.90 Å². The van der Waals surface area contributed by atoms with Gasteiger partial charge in [0.25, 0.3) is 0 Å². The lowest BCUT2D eigenvalue weighted by Crippen LogP contribution is -2.37. The molecule has 0 bridgehead atoms. The van der Waals surface area contributed by atoms with E-state index < -0.39 is 6.10 Å². The summed E-state index contributed by atoms with van der Waals surface area (Å²) in [6.07, 6.45) is 7.71. The third-order valence-electron chi connectivity index (χ3n) is 4.42. The number of carbonyl (C=O) groups excluding carboxylic acids is 1. The first-order chi connectivity index (χ1) is 10.7. The van der Waals surface area contributed by atoms with Crippen LogP contribution in [0, 0.1) is 0 Å². The van der Waals surface area contributed by atoms with Gasteiger partial charge in [0, 0.05) is 12.5 Å². The van der Waals surface area contributed by atoms with Gasteiger partial charge in [-0.2, -0.15) is 0 Å². The zero-order chi connectivity index (χ0) is 15.8. The zero-order valence-corrected chi connectivity index (χ0v) is 13.4. The molecule has 1 fully saturated rings. The van der Waals surface area contributed by atoms with Crippen molar-refractivity contribution in [3.8, 4) is 0 Å². The predicted molar refractivity (Wildman–Crippen MR) is 83.4 cm³/mol. The third-order valence-corrected chi connectivity index (χ3v) is 4.42. The van der Waals surface area contributed by atoms with E-state index in [1.54, 1.807) is 12.3 Å². The summed E-state index contributed by atoms with van der Waals surface area (Å²) in [6.45, 7) is 1.92. The minimum atomic E-state index is -0.554. The molecule has 22 heavy (non-hydrogen) atoms. The average molecular weight is 309 g/mol. The van der Waals surface area contributed by atoms with E-state index in [-0.39, 0.29) is 5.97 Å². The molecule has 0 aromatic carbocycles. The van der Waals surface area contributed by atoms with Crippen LogP contribution in [0.2, 0.25) is 0 Å². The molecule has 2 rings (SSSR count).